The van der Waals surface area contributed by atoms with Crippen LogP contribution in [0.3, 0.4) is 0 Å². The summed E-state index contributed by atoms with van der Waals surface area (Å²) in [5.41, 5.74) is -0.536. The fourth-order valence-electron chi connectivity index (χ4n) is 3.04. The Hall–Kier alpha value is -2.33. The quantitative estimate of drug-likeness (QED) is 0.566. The minimum absolute atomic E-state index is 0.263. The molecule has 2 aromatic rings. The standard InChI is InChI=1S/C22H29NO2Si/c1-6-7-18-23(21(24)25-22(2,3)4)26(5,19-14-10-8-11-15-19)20-16-12-9-13-17-20/h6,8-17H,1,7,18H2,2-5H3. The first kappa shape index (κ1) is 20.0. The van der Waals surface area contributed by atoms with Gasteiger partial charge < -0.3 is 9.30 Å². The largest absolute Gasteiger partial charge is 0.444 e. The molecule has 0 aromatic heterocycles. The fraction of sp³-hybridized carbons (Fsp3) is 0.318. The first-order valence-corrected chi connectivity index (χ1v) is 11.5. The van der Waals surface area contributed by atoms with Gasteiger partial charge in [-0.1, -0.05) is 66.7 Å². The summed E-state index contributed by atoms with van der Waals surface area (Å²) in [7, 11) is -2.52. The molecule has 0 unspecified atom stereocenters. The van der Waals surface area contributed by atoms with E-state index >= 15 is 0 Å². The number of carbonyl (C=O) groups is 1. The number of amides is 1. The molecule has 0 fully saturated rings. The normalized spacial score (nSPS) is 11.7. The van der Waals surface area contributed by atoms with Gasteiger partial charge >= 0.3 is 6.09 Å². The molecule has 2 rings (SSSR count). The summed E-state index contributed by atoms with van der Waals surface area (Å²) >= 11 is 0. The van der Waals surface area contributed by atoms with Crippen LogP contribution in [0.4, 0.5) is 4.79 Å². The zero-order valence-corrected chi connectivity index (χ0v) is 17.2. The number of nitrogens with zero attached hydrogens (tertiary/aromatic N) is 1. The lowest BCUT2D eigenvalue weighted by Gasteiger charge is -2.40. The van der Waals surface area contributed by atoms with E-state index in [1.165, 1.54) is 10.4 Å². The van der Waals surface area contributed by atoms with Gasteiger partial charge in [-0.2, -0.15) is 0 Å². The Labute approximate surface area is 158 Å². The summed E-state index contributed by atoms with van der Waals surface area (Å²) in [6.45, 7) is 12.3. The molecular formula is C22H29NO2Si. The average Bonchev–Trinajstić information content (AvgIpc) is 2.61. The van der Waals surface area contributed by atoms with Crippen molar-refractivity contribution in [2.75, 3.05) is 6.54 Å². The zero-order valence-electron chi connectivity index (χ0n) is 16.2. The van der Waals surface area contributed by atoms with E-state index in [2.05, 4.69) is 37.4 Å². The molecule has 3 nitrogen and oxygen atoms in total. The number of hydrogen-bond donors (Lipinski definition) is 0. The summed E-state index contributed by atoms with van der Waals surface area (Å²) in [6.07, 6.45) is 2.31. The highest BCUT2D eigenvalue weighted by molar-refractivity contribution is 7.00. The molecule has 0 atom stereocenters. The highest BCUT2D eigenvalue weighted by Crippen LogP contribution is 2.18. The van der Waals surface area contributed by atoms with Crippen molar-refractivity contribution in [1.29, 1.82) is 0 Å². The van der Waals surface area contributed by atoms with Gasteiger partial charge in [0.15, 0.2) is 0 Å². The molecule has 0 heterocycles. The van der Waals surface area contributed by atoms with Crippen LogP contribution >= 0.6 is 0 Å². The highest BCUT2D eigenvalue weighted by atomic mass is 28.3. The van der Waals surface area contributed by atoms with Crippen LogP contribution in [-0.4, -0.2) is 31.0 Å². The van der Waals surface area contributed by atoms with E-state index in [1.54, 1.807) is 0 Å². The maximum Gasteiger partial charge on any atom is 0.402 e. The van der Waals surface area contributed by atoms with Gasteiger partial charge in [-0.3, -0.25) is 0 Å². The molecule has 2 aromatic carbocycles. The topological polar surface area (TPSA) is 29.5 Å². The van der Waals surface area contributed by atoms with Crippen molar-refractivity contribution < 1.29 is 9.53 Å². The Morgan fingerprint density at radius 3 is 1.88 bits per heavy atom. The van der Waals surface area contributed by atoms with Gasteiger partial charge in [-0.15, -0.1) is 6.58 Å². The van der Waals surface area contributed by atoms with Gasteiger partial charge in [0.05, 0.1) is 0 Å². The Bertz CT molecular complexity index is 683. The Balaban J connectivity index is 2.58. The van der Waals surface area contributed by atoms with Crippen molar-refractivity contribution in [2.24, 2.45) is 0 Å². The molecule has 0 saturated carbocycles. The molecular weight excluding hydrogens is 338 g/mol. The van der Waals surface area contributed by atoms with Crippen molar-refractivity contribution in [1.82, 2.24) is 4.57 Å². The summed E-state index contributed by atoms with van der Waals surface area (Å²) in [6, 6.07) is 20.6. The molecule has 0 aliphatic carbocycles. The predicted molar refractivity (Wildman–Crippen MR) is 112 cm³/mol. The lowest BCUT2D eigenvalue weighted by molar-refractivity contribution is 0.0380. The zero-order chi connectivity index (χ0) is 19.2. The van der Waals surface area contributed by atoms with Crippen molar-refractivity contribution in [3.63, 3.8) is 0 Å². The van der Waals surface area contributed by atoms with Crippen LogP contribution in [0.2, 0.25) is 6.55 Å². The molecule has 0 saturated heterocycles. The van der Waals surface area contributed by atoms with Gasteiger partial charge in [-0.25, -0.2) is 4.79 Å². The Morgan fingerprint density at radius 1 is 1.04 bits per heavy atom. The summed E-state index contributed by atoms with van der Waals surface area (Å²) < 4.78 is 7.72. The van der Waals surface area contributed by atoms with E-state index < -0.39 is 13.8 Å². The Kier molecular flexibility index (Phi) is 6.43. The van der Waals surface area contributed by atoms with Crippen LogP contribution in [0.1, 0.15) is 27.2 Å². The van der Waals surface area contributed by atoms with Crippen molar-refractivity contribution in [3.8, 4) is 0 Å². The van der Waals surface area contributed by atoms with Crippen LogP contribution in [0, 0.1) is 0 Å². The Morgan fingerprint density at radius 2 is 1.50 bits per heavy atom. The van der Waals surface area contributed by atoms with E-state index in [0.29, 0.717) is 6.54 Å². The molecule has 0 radical (unpaired) electrons. The van der Waals surface area contributed by atoms with E-state index in [-0.39, 0.29) is 6.09 Å². The lowest BCUT2D eigenvalue weighted by Crippen LogP contribution is -2.70. The third-order valence-corrected chi connectivity index (χ3v) is 8.78. The van der Waals surface area contributed by atoms with Crippen LogP contribution in [0.15, 0.2) is 73.3 Å². The van der Waals surface area contributed by atoms with Crippen LogP contribution in [-0.2, 0) is 4.74 Å². The molecule has 1 amide bonds. The van der Waals surface area contributed by atoms with Gasteiger partial charge in [0.1, 0.15) is 5.60 Å². The number of hydrogen-bond acceptors (Lipinski definition) is 2. The number of benzene rings is 2. The lowest BCUT2D eigenvalue weighted by atomic mass is 10.2. The summed E-state index contributed by atoms with van der Waals surface area (Å²) in [5.74, 6) is 0. The van der Waals surface area contributed by atoms with Crippen LogP contribution in [0.25, 0.3) is 0 Å². The van der Waals surface area contributed by atoms with E-state index in [0.717, 1.165) is 6.42 Å². The third-order valence-electron chi connectivity index (χ3n) is 4.38. The fourth-order valence-corrected chi connectivity index (χ4v) is 6.67. The molecule has 0 N–H and O–H groups in total. The number of rotatable bonds is 6. The maximum atomic E-state index is 13.2. The molecule has 138 valence electrons. The second-order valence-electron chi connectivity index (χ2n) is 7.51. The average molecular weight is 368 g/mol. The first-order chi connectivity index (χ1) is 12.3. The van der Waals surface area contributed by atoms with Crippen molar-refractivity contribution in [2.45, 2.75) is 39.3 Å². The second-order valence-corrected chi connectivity index (χ2v) is 11.4. The number of carbonyl (C=O) groups excluding carboxylic acids is 1. The van der Waals surface area contributed by atoms with Crippen LogP contribution < -0.4 is 10.4 Å². The third kappa shape index (κ3) is 4.64. The predicted octanol–water partition coefficient (Wildman–Crippen LogP) is 4.19. The molecule has 0 aliphatic rings. The SMILES string of the molecule is C=CCCN(C(=O)OC(C)(C)C)[Si](C)(c1ccccc1)c1ccccc1. The summed E-state index contributed by atoms with van der Waals surface area (Å²) in [4.78, 5) is 13.2. The van der Waals surface area contributed by atoms with E-state index in [4.69, 9.17) is 4.74 Å². The van der Waals surface area contributed by atoms with Crippen molar-refractivity contribution >= 4 is 24.7 Å². The van der Waals surface area contributed by atoms with Crippen LogP contribution in [0.5, 0.6) is 0 Å². The molecule has 0 aliphatic heterocycles. The van der Waals surface area contributed by atoms with E-state index in [1.807, 2.05) is 67.8 Å². The highest BCUT2D eigenvalue weighted by Gasteiger charge is 2.43. The maximum absolute atomic E-state index is 13.2. The van der Waals surface area contributed by atoms with Gasteiger partial charge in [-0.05, 0) is 44.1 Å². The minimum Gasteiger partial charge on any atom is -0.444 e. The van der Waals surface area contributed by atoms with Gasteiger partial charge in [0, 0.05) is 6.54 Å². The van der Waals surface area contributed by atoms with Gasteiger partial charge in [0.2, 0.25) is 8.24 Å². The smallest absolute Gasteiger partial charge is 0.402 e. The van der Waals surface area contributed by atoms with Gasteiger partial charge in [0.25, 0.3) is 0 Å². The monoisotopic (exact) mass is 367 g/mol. The van der Waals surface area contributed by atoms with Crippen molar-refractivity contribution in [3.05, 3.63) is 73.3 Å². The van der Waals surface area contributed by atoms with E-state index in [9.17, 15) is 4.79 Å². The molecule has 0 spiro atoms. The molecule has 4 heteroatoms. The second kappa shape index (κ2) is 8.36. The molecule has 26 heavy (non-hydrogen) atoms. The molecule has 0 bridgehead atoms. The number of ether oxygens (including phenoxy) is 1. The summed E-state index contributed by atoms with van der Waals surface area (Å²) in [5, 5.41) is 2.36. The minimum atomic E-state index is -2.52. The first-order valence-electron chi connectivity index (χ1n) is 9.01.